The highest BCUT2D eigenvalue weighted by Gasteiger charge is 2.27. The number of hydrogen-bond donors (Lipinski definition) is 1. The van der Waals surface area contributed by atoms with Crippen molar-refractivity contribution >= 4 is 33.4 Å². The molecular formula is C26H30N2O3S2. The topological polar surface area (TPSA) is 66.5 Å². The number of aryl methyl sites for hydroxylation is 3. The van der Waals surface area contributed by atoms with E-state index in [0.717, 1.165) is 28.2 Å². The molecule has 0 aliphatic heterocycles. The van der Waals surface area contributed by atoms with E-state index < -0.39 is 10.0 Å². The van der Waals surface area contributed by atoms with Crippen LogP contribution in [0.25, 0.3) is 0 Å². The average Bonchev–Trinajstić information content (AvgIpc) is 2.77. The van der Waals surface area contributed by atoms with Gasteiger partial charge in [-0.15, -0.1) is 0 Å². The van der Waals surface area contributed by atoms with Gasteiger partial charge in [-0.2, -0.15) is 11.8 Å². The zero-order valence-corrected chi connectivity index (χ0v) is 20.9. The molecule has 0 unspecified atom stereocenters. The van der Waals surface area contributed by atoms with Gasteiger partial charge in [0.05, 0.1) is 10.6 Å². The van der Waals surface area contributed by atoms with Gasteiger partial charge in [0.25, 0.3) is 10.0 Å². The Morgan fingerprint density at radius 3 is 2.15 bits per heavy atom. The molecule has 3 aromatic carbocycles. The van der Waals surface area contributed by atoms with Crippen molar-refractivity contribution < 1.29 is 13.2 Å². The molecule has 0 radical (unpaired) electrons. The third-order valence-electron chi connectivity index (χ3n) is 5.07. The fraction of sp³-hybridized carbons (Fsp3) is 0.269. The lowest BCUT2D eigenvalue weighted by atomic mass is 10.1. The van der Waals surface area contributed by atoms with Crippen LogP contribution in [0.2, 0.25) is 0 Å². The van der Waals surface area contributed by atoms with Crippen molar-refractivity contribution in [2.75, 3.05) is 23.1 Å². The zero-order valence-electron chi connectivity index (χ0n) is 19.2. The first kappa shape index (κ1) is 24.9. The summed E-state index contributed by atoms with van der Waals surface area (Å²) in [7, 11) is -3.90. The second-order valence-electron chi connectivity index (χ2n) is 8.06. The molecule has 3 rings (SSSR count). The van der Waals surface area contributed by atoms with Crippen molar-refractivity contribution in [3.8, 4) is 0 Å². The van der Waals surface area contributed by atoms with Crippen molar-refractivity contribution in [2.45, 2.75) is 31.4 Å². The lowest BCUT2D eigenvalue weighted by Gasteiger charge is -2.25. The lowest BCUT2D eigenvalue weighted by Crippen LogP contribution is -2.41. The molecular weight excluding hydrogens is 452 g/mol. The van der Waals surface area contributed by atoms with Crippen LogP contribution >= 0.6 is 11.8 Å². The minimum atomic E-state index is -3.90. The van der Waals surface area contributed by atoms with Gasteiger partial charge in [0.2, 0.25) is 5.91 Å². The maximum absolute atomic E-state index is 13.5. The van der Waals surface area contributed by atoms with E-state index in [4.69, 9.17) is 0 Å². The van der Waals surface area contributed by atoms with Crippen molar-refractivity contribution in [2.24, 2.45) is 0 Å². The van der Waals surface area contributed by atoms with E-state index in [-0.39, 0.29) is 17.3 Å². The van der Waals surface area contributed by atoms with Gasteiger partial charge in [-0.3, -0.25) is 9.10 Å². The first-order valence-corrected chi connectivity index (χ1v) is 13.4. The van der Waals surface area contributed by atoms with Gasteiger partial charge in [-0.1, -0.05) is 54.1 Å². The quantitative estimate of drug-likeness (QED) is 0.419. The molecule has 0 heterocycles. The Morgan fingerprint density at radius 1 is 0.879 bits per heavy atom. The summed E-state index contributed by atoms with van der Waals surface area (Å²) in [5.41, 5.74) is 4.57. The highest BCUT2D eigenvalue weighted by molar-refractivity contribution is 7.98. The maximum Gasteiger partial charge on any atom is 0.264 e. The number of hydrogen-bond acceptors (Lipinski definition) is 4. The van der Waals surface area contributed by atoms with Gasteiger partial charge in [0, 0.05) is 18.1 Å². The molecule has 1 amide bonds. The second kappa shape index (κ2) is 11.4. The number of carbonyl (C=O) groups is 1. The summed E-state index contributed by atoms with van der Waals surface area (Å²) >= 11 is 1.72. The Balaban J connectivity index is 1.70. The van der Waals surface area contributed by atoms with Crippen molar-refractivity contribution in [3.63, 3.8) is 0 Å². The highest BCUT2D eigenvalue weighted by atomic mass is 32.2. The lowest BCUT2D eigenvalue weighted by molar-refractivity contribution is -0.119. The summed E-state index contributed by atoms with van der Waals surface area (Å²) in [4.78, 5) is 12.9. The molecule has 0 saturated heterocycles. The first-order valence-electron chi connectivity index (χ1n) is 10.8. The molecule has 0 aliphatic carbocycles. The summed E-state index contributed by atoms with van der Waals surface area (Å²) in [6.45, 7) is 5.93. The van der Waals surface area contributed by atoms with Crippen molar-refractivity contribution in [1.82, 2.24) is 5.32 Å². The van der Waals surface area contributed by atoms with Gasteiger partial charge < -0.3 is 5.32 Å². The summed E-state index contributed by atoms with van der Waals surface area (Å²) < 4.78 is 28.2. The smallest absolute Gasteiger partial charge is 0.264 e. The van der Waals surface area contributed by atoms with Crippen LogP contribution < -0.4 is 9.62 Å². The standard InChI is InChI=1S/C26H30N2O3S2/c1-20-9-11-25(12-10-20)33(30,31)28(24-16-21(2)15-22(3)17-24)18-26(29)27-13-14-32-19-23-7-5-4-6-8-23/h4-12,15-17H,13-14,18-19H2,1-3H3,(H,27,29). The molecule has 0 bridgehead atoms. The molecule has 0 aromatic heterocycles. The number of benzene rings is 3. The third kappa shape index (κ3) is 7.11. The summed E-state index contributed by atoms with van der Waals surface area (Å²) in [6, 6.07) is 22.4. The van der Waals surface area contributed by atoms with Crippen LogP contribution in [-0.2, 0) is 20.6 Å². The van der Waals surface area contributed by atoms with Crippen LogP contribution in [0.3, 0.4) is 0 Å². The number of rotatable bonds is 10. The normalized spacial score (nSPS) is 11.2. The predicted molar refractivity (Wildman–Crippen MR) is 137 cm³/mol. The minimum absolute atomic E-state index is 0.165. The van der Waals surface area contributed by atoms with E-state index in [2.05, 4.69) is 17.4 Å². The van der Waals surface area contributed by atoms with E-state index in [0.29, 0.717) is 12.2 Å². The molecule has 0 saturated carbocycles. The third-order valence-corrected chi connectivity index (χ3v) is 7.89. The molecule has 0 aliphatic rings. The largest absolute Gasteiger partial charge is 0.354 e. The van der Waals surface area contributed by atoms with Gasteiger partial charge in [0.15, 0.2) is 0 Å². The van der Waals surface area contributed by atoms with E-state index in [1.807, 2.05) is 45.0 Å². The van der Waals surface area contributed by atoms with Crippen molar-refractivity contribution in [1.29, 1.82) is 0 Å². The van der Waals surface area contributed by atoms with E-state index in [1.165, 1.54) is 9.87 Å². The molecule has 1 N–H and O–H groups in total. The molecule has 3 aromatic rings. The number of anilines is 1. The fourth-order valence-corrected chi connectivity index (χ4v) is 5.68. The Morgan fingerprint density at radius 2 is 1.52 bits per heavy atom. The number of sulfonamides is 1. The fourth-order valence-electron chi connectivity index (χ4n) is 3.46. The zero-order chi connectivity index (χ0) is 23.8. The number of nitrogens with zero attached hydrogens (tertiary/aromatic N) is 1. The van der Waals surface area contributed by atoms with Gasteiger partial charge >= 0.3 is 0 Å². The van der Waals surface area contributed by atoms with Crippen LogP contribution in [0, 0.1) is 20.8 Å². The molecule has 0 spiro atoms. The van der Waals surface area contributed by atoms with Crippen LogP contribution in [0.1, 0.15) is 22.3 Å². The Hall–Kier alpha value is -2.77. The molecule has 0 atom stereocenters. The summed E-state index contributed by atoms with van der Waals surface area (Å²) in [5, 5.41) is 2.87. The average molecular weight is 483 g/mol. The summed E-state index contributed by atoms with van der Waals surface area (Å²) in [5.74, 6) is 1.28. The van der Waals surface area contributed by atoms with Crippen LogP contribution in [0.4, 0.5) is 5.69 Å². The first-order chi connectivity index (χ1) is 15.8. The van der Waals surface area contributed by atoms with Gasteiger partial charge in [-0.05, 0) is 61.7 Å². The number of carbonyl (C=O) groups excluding carboxylic acids is 1. The van der Waals surface area contributed by atoms with Crippen molar-refractivity contribution in [3.05, 3.63) is 95.1 Å². The van der Waals surface area contributed by atoms with E-state index >= 15 is 0 Å². The Bertz CT molecular complexity index is 1160. The molecule has 5 nitrogen and oxygen atoms in total. The highest BCUT2D eigenvalue weighted by Crippen LogP contribution is 2.26. The Kier molecular flexibility index (Phi) is 8.58. The molecule has 33 heavy (non-hydrogen) atoms. The summed E-state index contributed by atoms with van der Waals surface area (Å²) in [6.07, 6.45) is 0. The second-order valence-corrected chi connectivity index (χ2v) is 11.0. The number of amides is 1. The SMILES string of the molecule is Cc1ccc(S(=O)(=O)N(CC(=O)NCCSCc2ccccc2)c2cc(C)cc(C)c2)cc1. The predicted octanol–water partition coefficient (Wildman–Crippen LogP) is 4.86. The van der Waals surface area contributed by atoms with Crippen LogP contribution in [0.5, 0.6) is 0 Å². The number of nitrogens with one attached hydrogen (secondary N) is 1. The minimum Gasteiger partial charge on any atom is -0.354 e. The molecule has 0 fully saturated rings. The molecule has 174 valence electrons. The maximum atomic E-state index is 13.5. The van der Waals surface area contributed by atoms with E-state index in [1.54, 1.807) is 48.2 Å². The van der Waals surface area contributed by atoms with E-state index in [9.17, 15) is 13.2 Å². The van der Waals surface area contributed by atoms with Crippen LogP contribution in [0.15, 0.2) is 77.7 Å². The van der Waals surface area contributed by atoms with Gasteiger partial charge in [-0.25, -0.2) is 8.42 Å². The van der Waals surface area contributed by atoms with Crippen LogP contribution in [-0.4, -0.2) is 33.2 Å². The molecule has 7 heteroatoms. The Labute approximate surface area is 201 Å². The van der Waals surface area contributed by atoms with Gasteiger partial charge in [0.1, 0.15) is 6.54 Å². The monoisotopic (exact) mass is 482 g/mol. The number of thioether (sulfide) groups is 1.